The molecule has 1 N–H and O–H groups in total. The Morgan fingerprint density at radius 3 is 2.58 bits per heavy atom. The van der Waals surface area contributed by atoms with Crippen LogP contribution in [-0.2, 0) is 4.79 Å². The highest BCUT2D eigenvalue weighted by atomic mass is 16.5. The molecule has 4 heteroatoms. The zero-order valence-corrected chi connectivity index (χ0v) is 14.0. The van der Waals surface area contributed by atoms with Gasteiger partial charge in [0.2, 0.25) is 0 Å². The van der Waals surface area contributed by atoms with E-state index in [0.717, 1.165) is 16.9 Å². The molecule has 0 heterocycles. The first-order chi connectivity index (χ1) is 11.7. The average Bonchev–Trinajstić information content (AvgIpc) is 2.60. The highest BCUT2D eigenvalue weighted by Gasteiger charge is 2.08. The van der Waals surface area contributed by atoms with Gasteiger partial charge in [-0.2, -0.15) is 5.10 Å². The summed E-state index contributed by atoms with van der Waals surface area (Å²) in [7, 11) is 0. The van der Waals surface area contributed by atoms with E-state index in [1.54, 1.807) is 6.08 Å². The Bertz CT molecular complexity index is 707. The lowest BCUT2D eigenvalue weighted by molar-refractivity contribution is -0.123. The normalized spacial score (nSPS) is 11.3. The Morgan fingerprint density at radius 1 is 1.12 bits per heavy atom. The lowest BCUT2D eigenvalue weighted by atomic mass is 10.0. The van der Waals surface area contributed by atoms with Crippen molar-refractivity contribution in [1.82, 2.24) is 5.43 Å². The van der Waals surface area contributed by atoms with Gasteiger partial charge < -0.3 is 4.74 Å². The summed E-state index contributed by atoms with van der Waals surface area (Å²) in [5.41, 5.74) is 4.60. The van der Waals surface area contributed by atoms with E-state index in [-0.39, 0.29) is 12.5 Å². The van der Waals surface area contributed by atoms with Gasteiger partial charge in [0.15, 0.2) is 6.61 Å². The monoisotopic (exact) mass is 322 g/mol. The Kier molecular flexibility index (Phi) is 6.77. The van der Waals surface area contributed by atoms with Gasteiger partial charge in [0.25, 0.3) is 5.91 Å². The Hall–Kier alpha value is -2.88. The number of para-hydroxylation sites is 1. The molecule has 0 saturated heterocycles. The highest BCUT2D eigenvalue weighted by Crippen LogP contribution is 2.25. The van der Waals surface area contributed by atoms with Crippen LogP contribution in [0.2, 0.25) is 0 Å². The Labute approximate surface area is 142 Å². The summed E-state index contributed by atoms with van der Waals surface area (Å²) in [5, 5.41) is 3.86. The molecule has 0 atom stereocenters. The maximum Gasteiger partial charge on any atom is 0.277 e. The van der Waals surface area contributed by atoms with Crippen molar-refractivity contribution in [1.29, 1.82) is 0 Å². The second-order valence-corrected chi connectivity index (χ2v) is 5.56. The van der Waals surface area contributed by atoms with Crippen LogP contribution >= 0.6 is 0 Å². The van der Waals surface area contributed by atoms with Gasteiger partial charge in [-0.3, -0.25) is 4.79 Å². The number of ether oxygens (including phenoxy) is 1. The molecule has 0 bridgehead atoms. The van der Waals surface area contributed by atoms with Crippen LogP contribution in [0.4, 0.5) is 0 Å². The minimum Gasteiger partial charge on any atom is -0.483 e. The first-order valence-corrected chi connectivity index (χ1v) is 7.92. The molecule has 0 spiro atoms. The third kappa shape index (κ3) is 5.72. The number of amides is 1. The first-order valence-electron chi connectivity index (χ1n) is 7.92. The van der Waals surface area contributed by atoms with E-state index in [0.29, 0.717) is 5.92 Å². The van der Waals surface area contributed by atoms with E-state index < -0.39 is 0 Å². The van der Waals surface area contributed by atoms with Gasteiger partial charge in [0.05, 0.1) is 0 Å². The minimum atomic E-state index is -0.294. The van der Waals surface area contributed by atoms with E-state index in [1.165, 1.54) is 6.21 Å². The number of hydrazone groups is 1. The highest BCUT2D eigenvalue weighted by molar-refractivity contribution is 5.82. The first kappa shape index (κ1) is 17.5. The summed E-state index contributed by atoms with van der Waals surface area (Å²) < 4.78 is 5.58. The largest absolute Gasteiger partial charge is 0.483 e. The van der Waals surface area contributed by atoms with Crippen molar-refractivity contribution in [3.8, 4) is 5.75 Å². The molecule has 2 aromatic rings. The SMILES string of the molecule is CC(C)c1ccccc1OCC(=O)NN=CC=Cc1ccccc1. The quantitative estimate of drug-likeness (QED) is 0.618. The fourth-order valence-electron chi connectivity index (χ4n) is 2.14. The number of nitrogens with zero attached hydrogens (tertiary/aromatic N) is 1. The lowest BCUT2D eigenvalue weighted by Gasteiger charge is -2.12. The van der Waals surface area contributed by atoms with Crippen molar-refractivity contribution in [2.45, 2.75) is 19.8 Å². The molecule has 0 aliphatic heterocycles. The number of hydrogen-bond donors (Lipinski definition) is 1. The van der Waals surface area contributed by atoms with Crippen molar-refractivity contribution in [3.63, 3.8) is 0 Å². The summed E-state index contributed by atoms with van der Waals surface area (Å²) in [6.45, 7) is 4.11. The second kappa shape index (κ2) is 9.30. The molecule has 4 nitrogen and oxygen atoms in total. The van der Waals surface area contributed by atoms with Crippen molar-refractivity contribution in [2.75, 3.05) is 6.61 Å². The maximum absolute atomic E-state index is 11.8. The smallest absolute Gasteiger partial charge is 0.277 e. The number of allylic oxidation sites excluding steroid dienone is 1. The topological polar surface area (TPSA) is 50.7 Å². The molecule has 124 valence electrons. The molecule has 0 saturated carbocycles. The molecule has 0 aliphatic rings. The lowest BCUT2D eigenvalue weighted by Crippen LogP contribution is -2.24. The summed E-state index contributed by atoms with van der Waals surface area (Å²) >= 11 is 0. The van der Waals surface area contributed by atoms with Crippen LogP contribution in [0, 0.1) is 0 Å². The van der Waals surface area contributed by atoms with E-state index in [2.05, 4.69) is 24.4 Å². The molecular weight excluding hydrogens is 300 g/mol. The summed E-state index contributed by atoms with van der Waals surface area (Å²) in [5.74, 6) is 0.777. The van der Waals surface area contributed by atoms with Gasteiger partial charge in [-0.25, -0.2) is 5.43 Å². The summed E-state index contributed by atoms with van der Waals surface area (Å²) in [6.07, 6.45) is 5.21. The molecule has 2 rings (SSSR count). The number of carbonyl (C=O) groups excluding carboxylic acids is 1. The Morgan fingerprint density at radius 2 is 1.83 bits per heavy atom. The predicted octanol–water partition coefficient (Wildman–Crippen LogP) is 4.00. The summed E-state index contributed by atoms with van der Waals surface area (Å²) in [4.78, 5) is 11.8. The van der Waals surface area contributed by atoms with Crippen LogP contribution in [0.25, 0.3) is 6.08 Å². The molecule has 0 radical (unpaired) electrons. The Balaban J connectivity index is 1.78. The van der Waals surface area contributed by atoms with Crippen LogP contribution in [-0.4, -0.2) is 18.7 Å². The van der Waals surface area contributed by atoms with Crippen molar-refractivity contribution in [2.24, 2.45) is 5.10 Å². The number of benzene rings is 2. The number of hydrogen-bond acceptors (Lipinski definition) is 3. The van der Waals surface area contributed by atoms with Crippen molar-refractivity contribution >= 4 is 18.2 Å². The van der Waals surface area contributed by atoms with Crippen LogP contribution in [0.1, 0.15) is 30.9 Å². The molecule has 2 aromatic carbocycles. The fraction of sp³-hybridized carbons (Fsp3) is 0.200. The third-order valence-electron chi connectivity index (χ3n) is 3.34. The maximum atomic E-state index is 11.8. The molecule has 1 amide bonds. The molecule has 24 heavy (non-hydrogen) atoms. The van der Waals surface area contributed by atoms with Crippen LogP contribution in [0.15, 0.2) is 65.8 Å². The van der Waals surface area contributed by atoms with E-state index in [4.69, 9.17) is 4.74 Å². The van der Waals surface area contributed by atoms with Gasteiger partial charge in [0, 0.05) is 6.21 Å². The number of rotatable bonds is 7. The molecular formula is C20H22N2O2. The standard InChI is InChI=1S/C20H22N2O2/c1-16(2)18-12-6-7-13-19(18)24-15-20(23)22-21-14-8-11-17-9-4-3-5-10-17/h3-14,16H,15H2,1-2H3,(H,22,23). The van der Waals surface area contributed by atoms with Gasteiger partial charge >= 0.3 is 0 Å². The number of nitrogens with one attached hydrogen (secondary N) is 1. The third-order valence-corrected chi connectivity index (χ3v) is 3.34. The average molecular weight is 322 g/mol. The van der Waals surface area contributed by atoms with Crippen molar-refractivity contribution in [3.05, 3.63) is 71.8 Å². The van der Waals surface area contributed by atoms with Gasteiger partial charge in [-0.15, -0.1) is 0 Å². The zero-order valence-electron chi connectivity index (χ0n) is 14.0. The van der Waals surface area contributed by atoms with Crippen LogP contribution < -0.4 is 10.2 Å². The molecule has 0 aliphatic carbocycles. The number of carbonyl (C=O) groups is 1. The molecule has 0 fully saturated rings. The van der Waals surface area contributed by atoms with Gasteiger partial charge in [-0.05, 0) is 29.2 Å². The van der Waals surface area contributed by atoms with Gasteiger partial charge in [-0.1, -0.05) is 68.5 Å². The fourth-order valence-corrected chi connectivity index (χ4v) is 2.14. The van der Waals surface area contributed by atoms with E-state index in [9.17, 15) is 4.79 Å². The second-order valence-electron chi connectivity index (χ2n) is 5.56. The predicted molar refractivity (Wildman–Crippen MR) is 98.1 cm³/mol. The van der Waals surface area contributed by atoms with Crippen LogP contribution in [0.3, 0.4) is 0 Å². The summed E-state index contributed by atoms with van der Waals surface area (Å²) in [6, 6.07) is 17.6. The van der Waals surface area contributed by atoms with E-state index >= 15 is 0 Å². The van der Waals surface area contributed by atoms with Crippen molar-refractivity contribution < 1.29 is 9.53 Å². The molecule has 0 aromatic heterocycles. The zero-order chi connectivity index (χ0) is 17.2. The molecule has 0 unspecified atom stereocenters. The minimum absolute atomic E-state index is 0.0660. The van der Waals surface area contributed by atoms with Crippen LogP contribution in [0.5, 0.6) is 5.75 Å². The van der Waals surface area contributed by atoms with E-state index in [1.807, 2.05) is 60.7 Å². The van der Waals surface area contributed by atoms with Gasteiger partial charge in [0.1, 0.15) is 5.75 Å².